The molecule has 0 amide bonds. The molecule has 0 heterocycles. The molecular weight excluding hydrogens is 136 g/mol. The van der Waals surface area contributed by atoms with Gasteiger partial charge in [-0.25, -0.2) is 0 Å². The number of aromatic hydroxyl groups is 1. The molecular formula is C10H12O. The minimum Gasteiger partial charge on any atom is -0.507 e. The summed E-state index contributed by atoms with van der Waals surface area (Å²) in [5.41, 5.74) is 0.884. The van der Waals surface area contributed by atoms with Crippen LogP contribution in [0.5, 0.6) is 5.75 Å². The standard InChI is InChI=1S/C10H12O/c1-2-3-6-9-7-4-5-8-10(9)11/h3-8,11H,2H2,1H3/b6-3+. The predicted molar refractivity (Wildman–Crippen MR) is 47.4 cm³/mol. The van der Waals surface area contributed by atoms with E-state index >= 15 is 0 Å². The van der Waals surface area contributed by atoms with Gasteiger partial charge in [0.15, 0.2) is 0 Å². The second-order valence-electron chi connectivity index (χ2n) is 2.37. The maximum absolute atomic E-state index is 9.29. The van der Waals surface area contributed by atoms with Gasteiger partial charge in [0.05, 0.1) is 0 Å². The molecule has 0 aliphatic carbocycles. The normalized spacial score (nSPS) is 10.6. The summed E-state index contributed by atoms with van der Waals surface area (Å²) in [6, 6.07) is 7.31. The summed E-state index contributed by atoms with van der Waals surface area (Å²) in [6.07, 6.45) is 4.94. The van der Waals surface area contributed by atoms with Crippen molar-refractivity contribution in [2.24, 2.45) is 0 Å². The first kappa shape index (κ1) is 7.86. The van der Waals surface area contributed by atoms with Crippen molar-refractivity contribution in [3.8, 4) is 5.75 Å². The third kappa shape index (κ3) is 2.11. The van der Waals surface area contributed by atoms with Gasteiger partial charge in [-0.2, -0.15) is 0 Å². The van der Waals surface area contributed by atoms with E-state index in [-0.39, 0.29) is 0 Å². The summed E-state index contributed by atoms with van der Waals surface area (Å²) < 4.78 is 0. The van der Waals surface area contributed by atoms with Crippen LogP contribution in [-0.4, -0.2) is 5.11 Å². The topological polar surface area (TPSA) is 20.2 Å². The molecule has 0 unspecified atom stereocenters. The van der Waals surface area contributed by atoms with Crippen LogP contribution in [-0.2, 0) is 0 Å². The number of rotatable bonds is 2. The lowest BCUT2D eigenvalue weighted by molar-refractivity contribution is 0.474. The fourth-order valence-corrected chi connectivity index (χ4v) is 0.873. The zero-order valence-electron chi connectivity index (χ0n) is 6.62. The van der Waals surface area contributed by atoms with Gasteiger partial charge in [0, 0.05) is 5.56 Å². The number of allylic oxidation sites excluding steroid dienone is 1. The molecule has 0 radical (unpaired) electrons. The monoisotopic (exact) mass is 148 g/mol. The summed E-state index contributed by atoms with van der Waals surface area (Å²) in [4.78, 5) is 0. The molecule has 0 aliphatic rings. The lowest BCUT2D eigenvalue weighted by Gasteiger charge is -1.95. The first-order valence-electron chi connectivity index (χ1n) is 3.79. The largest absolute Gasteiger partial charge is 0.507 e. The molecule has 58 valence electrons. The third-order valence-corrected chi connectivity index (χ3v) is 1.47. The van der Waals surface area contributed by atoms with Crippen molar-refractivity contribution in [2.75, 3.05) is 0 Å². The highest BCUT2D eigenvalue weighted by Crippen LogP contribution is 2.16. The van der Waals surface area contributed by atoms with Gasteiger partial charge in [-0.3, -0.25) is 0 Å². The van der Waals surface area contributed by atoms with E-state index in [0.29, 0.717) is 5.75 Å². The maximum Gasteiger partial charge on any atom is 0.122 e. The van der Waals surface area contributed by atoms with E-state index in [1.165, 1.54) is 0 Å². The molecule has 1 rings (SSSR count). The van der Waals surface area contributed by atoms with Gasteiger partial charge in [-0.15, -0.1) is 0 Å². The molecule has 1 heteroatoms. The highest BCUT2D eigenvalue weighted by molar-refractivity contribution is 5.56. The minimum atomic E-state index is 0.345. The zero-order valence-corrected chi connectivity index (χ0v) is 6.62. The van der Waals surface area contributed by atoms with Crippen LogP contribution in [0, 0.1) is 0 Å². The highest BCUT2D eigenvalue weighted by atomic mass is 16.3. The van der Waals surface area contributed by atoms with E-state index in [2.05, 4.69) is 6.92 Å². The summed E-state index contributed by atoms with van der Waals surface area (Å²) in [6.45, 7) is 2.07. The smallest absolute Gasteiger partial charge is 0.122 e. The first-order chi connectivity index (χ1) is 5.34. The number of phenols is 1. The number of hydrogen-bond acceptors (Lipinski definition) is 1. The van der Waals surface area contributed by atoms with Crippen molar-refractivity contribution >= 4 is 6.08 Å². The van der Waals surface area contributed by atoms with Crippen molar-refractivity contribution in [1.29, 1.82) is 0 Å². The number of benzene rings is 1. The van der Waals surface area contributed by atoms with E-state index in [1.807, 2.05) is 30.4 Å². The molecule has 0 fully saturated rings. The molecule has 1 aromatic rings. The van der Waals surface area contributed by atoms with Gasteiger partial charge in [0.25, 0.3) is 0 Å². The molecule has 1 nitrogen and oxygen atoms in total. The van der Waals surface area contributed by atoms with Crippen LogP contribution in [0.4, 0.5) is 0 Å². The van der Waals surface area contributed by atoms with E-state index in [9.17, 15) is 5.11 Å². The fourth-order valence-electron chi connectivity index (χ4n) is 0.873. The number of hydrogen-bond donors (Lipinski definition) is 1. The average Bonchev–Trinajstić information content (AvgIpc) is 2.03. The van der Waals surface area contributed by atoms with Crippen molar-refractivity contribution in [1.82, 2.24) is 0 Å². The lowest BCUT2D eigenvalue weighted by Crippen LogP contribution is -1.71. The number of para-hydroxylation sites is 1. The van der Waals surface area contributed by atoms with E-state index in [4.69, 9.17) is 0 Å². The van der Waals surface area contributed by atoms with Gasteiger partial charge in [0.2, 0.25) is 0 Å². The van der Waals surface area contributed by atoms with Crippen LogP contribution in [0.3, 0.4) is 0 Å². The quantitative estimate of drug-likeness (QED) is 0.683. The highest BCUT2D eigenvalue weighted by Gasteiger charge is 1.91. The molecule has 1 aromatic carbocycles. The molecule has 0 atom stereocenters. The molecule has 1 N–H and O–H groups in total. The minimum absolute atomic E-state index is 0.345. The molecule has 0 saturated heterocycles. The van der Waals surface area contributed by atoms with Gasteiger partial charge >= 0.3 is 0 Å². The lowest BCUT2D eigenvalue weighted by atomic mass is 10.2. The van der Waals surface area contributed by atoms with Crippen LogP contribution >= 0.6 is 0 Å². The van der Waals surface area contributed by atoms with Gasteiger partial charge in [-0.05, 0) is 12.5 Å². The Morgan fingerprint density at radius 2 is 2.09 bits per heavy atom. The van der Waals surface area contributed by atoms with Gasteiger partial charge < -0.3 is 5.11 Å². The molecule has 11 heavy (non-hydrogen) atoms. The average molecular weight is 148 g/mol. The number of phenolic OH excluding ortho intramolecular Hbond substituents is 1. The van der Waals surface area contributed by atoms with Crippen molar-refractivity contribution < 1.29 is 5.11 Å². The van der Waals surface area contributed by atoms with Crippen molar-refractivity contribution in [3.63, 3.8) is 0 Å². The Hall–Kier alpha value is -1.24. The van der Waals surface area contributed by atoms with Crippen molar-refractivity contribution in [2.45, 2.75) is 13.3 Å². The summed E-state index contributed by atoms with van der Waals surface area (Å²) >= 11 is 0. The molecule has 0 bridgehead atoms. The van der Waals surface area contributed by atoms with Gasteiger partial charge in [0.1, 0.15) is 5.75 Å². The zero-order chi connectivity index (χ0) is 8.10. The summed E-state index contributed by atoms with van der Waals surface area (Å²) in [5, 5.41) is 9.29. The van der Waals surface area contributed by atoms with Crippen LogP contribution in [0.1, 0.15) is 18.9 Å². The Bertz CT molecular complexity index is 251. The summed E-state index contributed by atoms with van der Waals surface area (Å²) in [7, 11) is 0. The Balaban J connectivity index is 2.86. The Kier molecular flexibility index (Phi) is 2.73. The van der Waals surface area contributed by atoms with E-state index in [1.54, 1.807) is 6.07 Å². The summed E-state index contributed by atoms with van der Waals surface area (Å²) in [5.74, 6) is 0.345. The molecule has 0 saturated carbocycles. The second kappa shape index (κ2) is 3.81. The van der Waals surface area contributed by atoms with Crippen LogP contribution in [0.15, 0.2) is 30.3 Å². The molecule has 0 spiro atoms. The fraction of sp³-hybridized carbons (Fsp3) is 0.200. The Morgan fingerprint density at radius 3 is 2.73 bits per heavy atom. The van der Waals surface area contributed by atoms with Crippen LogP contribution in [0.2, 0.25) is 0 Å². The maximum atomic E-state index is 9.29. The van der Waals surface area contributed by atoms with Crippen LogP contribution < -0.4 is 0 Å². The molecule has 0 aromatic heterocycles. The first-order valence-corrected chi connectivity index (χ1v) is 3.79. The van der Waals surface area contributed by atoms with E-state index < -0.39 is 0 Å². The SMILES string of the molecule is CC/C=C/c1ccccc1O. The Labute approximate surface area is 67.0 Å². The van der Waals surface area contributed by atoms with Crippen molar-refractivity contribution in [3.05, 3.63) is 35.9 Å². The Morgan fingerprint density at radius 1 is 1.36 bits per heavy atom. The van der Waals surface area contributed by atoms with Gasteiger partial charge in [-0.1, -0.05) is 37.3 Å². The predicted octanol–water partition coefficient (Wildman–Crippen LogP) is 2.82. The second-order valence-corrected chi connectivity index (χ2v) is 2.37. The molecule has 0 aliphatic heterocycles. The van der Waals surface area contributed by atoms with E-state index in [0.717, 1.165) is 12.0 Å². The third-order valence-electron chi connectivity index (χ3n) is 1.47. The van der Waals surface area contributed by atoms with Crippen LogP contribution in [0.25, 0.3) is 6.08 Å².